The van der Waals surface area contributed by atoms with Gasteiger partial charge in [0.2, 0.25) is 0 Å². The molecule has 1 aromatic carbocycles. The number of rotatable bonds is 4. The van der Waals surface area contributed by atoms with Crippen molar-refractivity contribution >= 4 is 18.1 Å². The summed E-state index contributed by atoms with van der Waals surface area (Å²) in [6.45, 7) is 0. The van der Waals surface area contributed by atoms with Crippen molar-refractivity contribution in [2.24, 2.45) is 5.16 Å². The van der Waals surface area contributed by atoms with Crippen LogP contribution in [0.1, 0.15) is 5.56 Å². The lowest BCUT2D eigenvalue weighted by atomic mass is 10.2. The minimum Gasteiger partial charge on any atom is -0.399 e. The van der Waals surface area contributed by atoms with E-state index < -0.39 is 0 Å². The third-order valence-electron chi connectivity index (χ3n) is 1.52. The number of hydrogen-bond donors (Lipinski definition) is 0. The molecule has 0 saturated heterocycles. The van der Waals surface area contributed by atoms with Gasteiger partial charge in [0.1, 0.15) is 13.3 Å². The van der Waals surface area contributed by atoms with Gasteiger partial charge in [-0.1, -0.05) is 41.6 Å². The quantitative estimate of drug-likeness (QED) is 0.412. The van der Waals surface area contributed by atoms with Crippen molar-refractivity contribution in [2.75, 3.05) is 7.11 Å². The van der Waals surface area contributed by atoms with Crippen LogP contribution in [0.15, 0.2) is 41.6 Å². The van der Waals surface area contributed by atoms with Gasteiger partial charge >= 0.3 is 0 Å². The molecule has 0 amide bonds. The fourth-order valence-corrected chi connectivity index (χ4v) is 0.890. The first-order valence-corrected chi connectivity index (χ1v) is 4.16. The molecule has 0 unspecified atom stereocenters. The Morgan fingerprint density at radius 1 is 1.36 bits per heavy atom. The highest BCUT2D eigenvalue weighted by molar-refractivity contribution is 6.33. The van der Waals surface area contributed by atoms with Crippen molar-refractivity contribution in [1.29, 1.82) is 0 Å². The zero-order chi connectivity index (χ0) is 10.2. The van der Waals surface area contributed by atoms with Gasteiger partial charge in [-0.2, -0.15) is 0 Å². The van der Waals surface area contributed by atoms with E-state index in [4.69, 9.17) is 0 Å². The lowest BCUT2D eigenvalue weighted by Gasteiger charge is -1.89. The van der Waals surface area contributed by atoms with Gasteiger partial charge in [-0.25, -0.2) is 0 Å². The van der Waals surface area contributed by atoms with Gasteiger partial charge in [0.25, 0.3) is 0 Å². The summed E-state index contributed by atoms with van der Waals surface area (Å²) in [4.78, 5) is 15.4. The van der Waals surface area contributed by atoms with E-state index in [1.165, 1.54) is 13.2 Å². The monoisotopic (exact) mass is 189 g/mol. The molecule has 0 N–H and O–H groups in total. The number of oxime groups is 1. The van der Waals surface area contributed by atoms with Crippen LogP contribution in [-0.2, 0) is 9.63 Å². The van der Waals surface area contributed by atoms with Gasteiger partial charge in [-0.15, -0.1) is 0 Å². The second-order valence-corrected chi connectivity index (χ2v) is 2.56. The molecule has 0 atom stereocenters. The summed E-state index contributed by atoms with van der Waals surface area (Å²) < 4.78 is 0. The fraction of sp³-hybridized carbons (Fsp3) is 0.0909. The minimum atomic E-state index is -0.198. The molecule has 1 aromatic rings. The molecule has 0 saturated carbocycles. The van der Waals surface area contributed by atoms with Crippen LogP contribution < -0.4 is 0 Å². The number of carbonyl (C=O) groups excluding carboxylic acids is 1. The Hall–Kier alpha value is -1.90. The first-order valence-electron chi connectivity index (χ1n) is 4.16. The Bertz CT molecular complexity index is 342. The van der Waals surface area contributed by atoms with Crippen molar-refractivity contribution in [3.8, 4) is 0 Å². The average molecular weight is 189 g/mol. The topological polar surface area (TPSA) is 38.7 Å². The molecule has 0 aliphatic carbocycles. The van der Waals surface area contributed by atoms with Crippen LogP contribution in [0, 0.1) is 0 Å². The third kappa shape index (κ3) is 3.67. The first kappa shape index (κ1) is 10.2. The summed E-state index contributed by atoms with van der Waals surface area (Å²) in [6, 6.07) is 9.57. The largest absolute Gasteiger partial charge is 0.399 e. The van der Waals surface area contributed by atoms with Gasteiger partial charge in [0, 0.05) is 0 Å². The maximum Gasteiger partial charge on any atom is 0.200 e. The van der Waals surface area contributed by atoms with Crippen molar-refractivity contribution < 1.29 is 9.63 Å². The van der Waals surface area contributed by atoms with Crippen LogP contribution >= 0.6 is 0 Å². The van der Waals surface area contributed by atoms with Crippen LogP contribution in [0.25, 0.3) is 6.08 Å². The predicted molar refractivity (Wildman–Crippen MR) is 56.0 cm³/mol. The lowest BCUT2D eigenvalue weighted by Crippen LogP contribution is -1.93. The SMILES string of the molecule is CON=CC(=O)C=Cc1ccccc1. The summed E-state index contributed by atoms with van der Waals surface area (Å²) in [5.41, 5.74) is 0.978. The molecule has 1 rings (SSSR count). The van der Waals surface area contributed by atoms with Crippen molar-refractivity contribution in [3.05, 3.63) is 42.0 Å². The van der Waals surface area contributed by atoms with E-state index >= 15 is 0 Å². The molecule has 14 heavy (non-hydrogen) atoms. The summed E-state index contributed by atoms with van der Waals surface area (Å²) in [6.07, 6.45) is 4.29. The lowest BCUT2D eigenvalue weighted by molar-refractivity contribution is -0.108. The Morgan fingerprint density at radius 3 is 2.71 bits per heavy atom. The van der Waals surface area contributed by atoms with Crippen LogP contribution in [-0.4, -0.2) is 19.1 Å². The number of nitrogens with zero attached hydrogens (tertiary/aromatic N) is 1. The van der Waals surface area contributed by atoms with Crippen LogP contribution in [0.3, 0.4) is 0 Å². The third-order valence-corrected chi connectivity index (χ3v) is 1.52. The minimum absolute atomic E-state index is 0.198. The maximum atomic E-state index is 11.1. The molecule has 0 heterocycles. The van der Waals surface area contributed by atoms with E-state index in [0.29, 0.717) is 0 Å². The summed E-state index contributed by atoms with van der Waals surface area (Å²) in [5.74, 6) is -0.198. The highest BCUT2D eigenvalue weighted by Gasteiger charge is 1.89. The molecule has 0 aliphatic rings. The standard InChI is InChI=1S/C11H11NO2/c1-14-12-9-11(13)8-7-10-5-3-2-4-6-10/h2-9H,1H3. The van der Waals surface area contributed by atoms with Crippen molar-refractivity contribution in [3.63, 3.8) is 0 Å². The molecule has 3 heteroatoms. The molecule has 0 bridgehead atoms. The number of carbonyl (C=O) groups is 1. The van der Waals surface area contributed by atoms with E-state index in [-0.39, 0.29) is 5.78 Å². The molecule has 3 nitrogen and oxygen atoms in total. The van der Waals surface area contributed by atoms with E-state index in [1.807, 2.05) is 30.3 Å². The Morgan fingerprint density at radius 2 is 2.07 bits per heavy atom. The maximum absolute atomic E-state index is 11.1. The Kier molecular flexibility index (Phi) is 4.14. The second kappa shape index (κ2) is 5.70. The van der Waals surface area contributed by atoms with Gasteiger partial charge in [-0.05, 0) is 11.6 Å². The van der Waals surface area contributed by atoms with Crippen LogP contribution in [0.4, 0.5) is 0 Å². The van der Waals surface area contributed by atoms with Crippen molar-refractivity contribution in [1.82, 2.24) is 0 Å². The molecule has 0 spiro atoms. The van der Waals surface area contributed by atoms with Crippen LogP contribution in [0.5, 0.6) is 0 Å². The van der Waals surface area contributed by atoms with E-state index in [0.717, 1.165) is 11.8 Å². The first-order chi connectivity index (χ1) is 6.83. The molecule has 0 fully saturated rings. The van der Waals surface area contributed by atoms with E-state index in [9.17, 15) is 4.79 Å². The molecule has 0 aromatic heterocycles. The van der Waals surface area contributed by atoms with Gasteiger partial charge in [0.15, 0.2) is 5.78 Å². The zero-order valence-electron chi connectivity index (χ0n) is 7.88. The number of allylic oxidation sites excluding steroid dienone is 1. The summed E-state index contributed by atoms with van der Waals surface area (Å²) in [7, 11) is 1.39. The van der Waals surface area contributed by atoms with Crippen LogP contribution in [0.2, 0.25) is 0 Å². The molecular formula is C11H11NO2. The fourth-order valence-electron chi connectivity index (χ4n) is 0.890. The number of ketones is 1. The highest BCUT2D eigenvalue weighted by atomic mass is 16.6. The van der Waals surface area contributed by atoms with E-state index in [1.54, 1.807) is 6.08 Å². The number of hydrogen-bond acceptors (Lipinski definition) is 3. The molecular weight excluding hydrogens is 178 g/mol. The zero-order valence-corrected chi connectivity index (χ0v) is 7.88. The van der Waals surface area contributed by atoms with Crippen molar-refractivity contribution in [2.45, 2.75) is 0 Å². The van der Waals surface area contributed by atoms with Gasteiger partial charge in [-0.3, -0.25) is 4.79 Å². The molecule has 72 valence electrons. The number of benzene rings is 1. The summed E-state index contributed by atoms with van der Waals surface area (Å²) >= 11 is 0. The summed E-state index contributed by atoms with van der Waals surface area (Å²) in [5, 5.41) is 3.36. The normalized spacial score (nSPS) is 10.9. The predicted octanol–water partition coefficient (Wildman–Crippen LogP) is 1.90. The average Bonchev–Trinajstić information content (AvgIpc) is 2.25. The smallest absolute Gasteiger partial charge is 0.200 e. The van der Waals surface area contributed by atoms with E-state index in [2.05, 4.69) is 9.99 Å². The second-order valence-electron chi connectivity index (χ2n) is 2.56. The molecule has 0 aliphatic heterocycles. The highest BCUT2D eigenvalue weighted by Crippen LogP contribution is 2.00. The van der Waals surface area contributed by atoms with Gasteiger partial charge < -0.3 is 4.84 Å². The molecule has 0 radical (unpaired) electrons. The Labute approximate surface area is 82.7 Å². The Balaban J connectivity index is 2.56. The van der Waals surface area contributed by atoms with Gasteiger partial charge in [0.05, 0.1) is 0 Å².